The summed E-state index contributed by atoms with van der Waals surface area (Å²) in [5.41, 5.74) is 2.94. The lowest BCUT2D eigenvalue weighted by Crippen LogP contribution is -1.96. The van der Waals surface area contributed by atoms with E-state index in [0.717, 1.165) is 42.6 Å². The summed E-state index contributed by atoms with van der Waals surface area (Å²) in [6.07, 6.45) is 3.86. The molecule has 1 heterocycles. The number of aromatic nitrogens is 2. The summed E-state index contributed by atoms with van der Waals surface area (Å²) in [6.45, 7) is 4.25. The van der Waals surface area contributed by atoms with Crippen molar-refractivity contribution in [3.05, 3.63) is 41.6 Å². The first-order valence-corrected chi connectivity index (χ1v) is 6.63. The fourth-order valence-electron chi connectivity index (χ4n) is 2.18. The number of nitrogens with zero attached hydrogens (tertiary/aromatic N) is 2. The van der Waals surface area contributed by atoms with Crippen molar-refractivity contribution >= 4 is 0 Å². The average molecular weight is 244 g/mol. The molecule has 1 aromatic heterocycles. The first-order valence-electron chi connectivity index (χ1n) is 6.63. The van der Waals surface area contributed by atoms with Crippen LogP contribution in [0, 0.1) is 0 Å². The Balaban J connectivity index is 2.46. The van der Waals surface area contributed by atoms with Crippen LogP contribution in [0.5, 0.6) is 5.88 Å². The molecule has 0 bridgehead atoms. The molecule has 2 rings (SSSR count). The lowest BCUT2D eigenvalue weighted by atomic mass is 10.1. The van der Waals surface area contributed by atoms with Gasteiger partial charge in [0.05, 0.1) is 11.4 Å². The molecule has 2 aromatic rings. The lowest BCUT2D eigenvalue weighted by Gasteiger charge is -2.02. The minimum absolute atomic E-state index is 0.298. The molecule has 0 saturated heterocycles. The van der Waals surface area contributed by atoms with Gasteiger partial charge >= 0.3 is 0 Å². The summed E-state index contributed by atoms with van der Waals surface area (Å²) in [5.74, 6) is 0.298. The van der Waals surface area contributed by atoms with Crippen LogP contribution in [0.15, 0.2) is 30.3 Å². The molecule has 0 radical (unpaired) electrons. The number of rotatable bonds is 5. The third-order valence-corrected chi connectivity index (χ3v) is 3.03. The second kappa shape index (κ2) is 5.71. The van der Waals surface area contributed by atoms with E-state index in [4.69, 9.17) is 0 Å². The molecule has 0 amide bonds. The van der Waals surface area contributed by atoms with E-state index in [2.05, 4.69) is 18.9 Å². The van der Waals surface area contributed by atoms with Gasteiger partial charge in [0, 0.05) is 5.56 Å². The van der Waals surface area contributed by atoms with Gasteiger partial charge in [-0.25, -0.2) is 4.68 Å². The molecule has 0 aliphatic rings. The smallest absolute Gasteiger partial charge is 0.217 e. The second-order valence-corrected chi connectivity index (χ2v) is 4.50. The van der Waals surface area contributed by atoms with Crippen LogP contribution in [0.4, 0.5) is 0 Å². The molecule has 96 valence electrons. The van der Waals surface area contributed by atoms with Crippen LogP contribution in [0.3, 0.4) is 0 Å². The Morgan fingerprint density at radius 1 is 1.06 bits per heavy atom. The highest BCUT2D eigenvalue weighted by molar-refractivity contribution is 5.40. The van der Waals surface area contributed by atoms with Gasteiger partial charge < -0.3 is 5.11 Å². The van der Waals surface area contributed by atoms with Gasteiger partial charge in [-0.1, -0.05) is 44.9 Å². The number of aromatic hydroxyl groups is 1. The van der Waals surface area contributed by atoms with Crippen LogP contribution < -0.4 is 0 Å². The maximum absolute atomic E-state index is 10.3. The third kappa shape index (κ3) is 2.40. The van der Waals surface area contributed by atoms with Crippen LogP contribution in [0.25, 0.3) is 5.69 Å². The zero-order valence-electron chi connectivity index (χ0n) is 11.1. The topological polar surface area (TPSA) is 38.0 Å². The van der Waals surface area contributed by atoms with Gasteiger partial charge in [-0.15, -0.1) is 0 Å². The number of hydrogen-bond donors (Lipinski definition) is 1. The largest absolute Gasteiger partial charge is 0.493 e. The van der Waals surface area contributed by atoms with Crippen molar-refractivity contribution in [1.29, 1.82) is 0 Å². The van der Waals surface area contributed by atoms with Crippen molar-refractivity contribution < 1.29 is 5.11 Å². The predicted molar refractivity (Wildman–Crippen MR) is 73.2 cm³/mol. The predicted octanol–water partition coefficient (Wildman–Crippen LogP) is 3.48. The van der Waals surface area contributed by atoms with E-state index < -0.39 is 0 Å². The van der Waals surface area contributed by atoms with Crippen molar-refractivity contribution in [3.8, 4) is 11.6 Å². The molecule has 3 heteroatoms. The van der Waals surface area contributed by atoms with Gasteiger partial charge in [-0.2, -0.15) is 5.10 Å². The van der Waals surface area contributed by atoms with E-state index in [-0.39, 0.29) is 0 Å². The normalized spacial score (nSPS) is 10.8. The highest BCUT2D eigenvalue weighted by Crippen LogP contribution is 2.26. The van der Waals surface area contributed by atoms with Crippen molar-refractivity contribution in [2.24, 2.45) is 0 Å². The van der Waals surface area contributed by atoms with Crippen molar-refractivity contribution in [3.63, 3.8) is 0 Å². The Morgan fingerprint density at radius 2 is 1.72 bits per heavy atom. The van der Waals surface area contributed by atoms with Gasteiger partial charge in [-0.3, -0.25) is 0 Å². The minimum Gasteiger partial charge on any atom is -0.493 e. The molecule has 0 atom stereocenters. The minimum atomic E-state index is 0.298. The summed E-state index contributed by atoms with van der Waals surface area (Å²) in [6, 6.07) is 9.78. The fourth-order valence-corrected chi connectivity index (χ4v) is 2.18. The zero-order chi connectivity index (χ0) is 13.0. The van der Waals surface area contributed by atoms with E-state index >= 15 is 0 Å². The molecule has 3 nitrogen and oxygen atoms in total. The van der Waals surface area contributed by atoms with E-state index in [1.807, 2.05) is 30.3 Å². The molecule has 0 fully saturated rings. The van der Waals surface area contributed by atoms with Gasteiger partial charge in [0.15, 0.2) is 0 Å². The van der Waals surface area contributed by atoms with E-state index in [0.29, 0.717) is 5.88 Å². The molecule has 0 saturated carbocycles. The van der Waals surface area contributed by atoms with Crippen molar-refractivity contribution in [1.82, 2.24) is 9.78 Å². The summed E-state index contributed by atoms with van der Waals surface area (Å²) in [5, 5.41) is 14.9. The van der Waals surface area contributed by atoms with Gasteiger partial charge in [-0.05, 0) is 25.0 Å². The number of aryl methyl sites for hydroxylation is 1. The van der Waals surface area contributed by atoms with Crippen molar-refractivity contribution in [2.75, 3.05) is 0 Å². The SMILES string of the molecule is CCCc1nn(-c2ccccc2)c(O)c1CCC. The molecule has 0 aliphatic carbocycles. The van der Waals surface area contributed by atoms with Gasteiger partial charge in [0.25, 0.3) is 0 Å². The zero-order valence-corrected chi connectivity index (χ0v) is 11.1. The Bertz CT molecular complexity index is 503. The molecule has 1 aromatic carbocycles. The summed E-state index contributed by atoms with van der Waals surface area (Å²) >= 11 is 0. The van der Waals surface area contributed by atoms with E-state index in [1.165, 1.54) is 0 Å². The Morgan fingerprint density at radius 3 is 2.33 bits per heavy atom. The molecule has 0 unspecified atom stereocenters. The monoisotopic (exact) mass is 244 g/mol. The van der Waals surface area contributed by atoms with E-state index in [9.17, 15) is 5.11 Å². The quantitative estimate of drug-likeness (QED) is 0.874. The van der Waals surface area contributed by atoms with Crippen LogP contribution in [-0.4, -0.2) is 14.9 Å². The molecular weight excluding hydrogens is 224 g/mol. The summed E-state index contributed by atoms with van der Waals surface area (Å²) < 4.78 is 1.65. The van der Waals surface area contributed by atoms with Gasteiger partial charge in [0.2, 0.25) is 5.88 Å². The second-order valence-electron chi connectivity index (χ2n) is 4.50. The summed E-state index contributed by atoms with van der Waals surface area (Å²) in [4.78, 5) is 0. The number of hydrogen-bond acceptors (Lipinski definition) is 2. The lowest BCUT2D eigenvalue weighted by molar-refractivity contribution is 0.427. The van der Waals surface area contributed by atoms with Crippen LogP contribution in [0.2, 0.25) is 0 Å². The molecule has 0 aliphatic heterocycles. The molecule has 18 heavy (non-hydrogen) atoms. The van der Waals surface area contributed by atoms with Crippen molar-refractivity contribution in [2.45, 2.75) is 39.5 Å². The Kier molecular flexibility index (Phi) is 4.03. The van der Waals surface area contributed by atoms with Crippen LogP contribution >= 0.6 is 0 Å². The standard InChI is InChI=1S/C15H20N2O/c1-3-8-13-14(9-4-2)16-17(15(13)18)12-10-6-5-7-11-12/h5-7,10-11,18H,3-4,8-9H2,1-2H3. The number of benzene rings is 1. The first-order chi connectivity index (χ1) is 8.77. The molecular formula is C15H20N2O. The maximum atomic E-state index is 10.3. The highest BCUT2D eigenvalue weighted by atomic mass is 16.3. The maximum Gasteiger partial charge on any atom is 0.217 e. The fraction of sp³-hybridized carbons (Fsp3) is 0.400. The van der Waals surface area contributed by atoms with E-state index in [1.54, 1.807) is 4.68 Å². The average Bonchev–Trinajstić information content (AvgIpc) is 2.70. The third-order valence-electron chi connectivity index (χ3n) is 3.03. The Hall–Kier alpha value is -1.77. The van der Waals surface area contributed by atoms with Crippen LogP contribution in [-0.2, 0) is 12.8 Å². The van der Waals surface area contributed by atoms with Crippen LogP contribution in [0.1, 0.15) is 37.9 Å². The summed E-state index contributed by atoms with van der Waals surface area (Å²) in [7, 11) is 0. The molecule has 1 N–H and O–H groups in total. The highest BCUT2D eigenvalue weighted by Gasteiger charge is 2.16. The molecule has 0 spiro atoms. The first kappa shape index (κ1) is 12.7. The Labute approximate surface area is 108 Å². The number of para-hydroxylation sites is 1. The van der Waals surface area contributed by atoms with Gasteiger partial charge in [0.1, 0.15) is 0 Å².